The SMILES string of the molecule is CNCCCN(C)CCC(C)O. The number of hydrogen-bond acceptors (Lipinski definition) is 3. The van der Waals surface area contributed by atoms with Crippen LogP contribution in [-0.2, 0) is 0 Å². The second-order valence-electron chi connectivity index (χ2n) is 3.40. The Balaban J connectivity index is 3.15. The first kappa shape index (κ1) is 11.9. The summed E-state index contributed by atoms with van der Waals surface area (Å²) in [6, 6.07) is 0. The van der Waals surface area contributed by atoms with Crippen molar-refractivity contribution >= 4 is 0 Å². The van der Waals surface area contributed by atoms with E-state index in [1.165, 1.54) is 6.42 Å². The second-order valence-corrected chi connectivity index (χ2v) is 3.40. The number of nitrogens with zero attached hydrogens (tertiary/aromatic N) is 1. The van der Waals surface area contributed by atoms with Gasteiger partial charge in [-0.05, 0) is 47.0 Å². The molecule has 0 spiro atoms. The van der Waals surface area contributed by atoms with Gasteiger partial charge in [-0.15, -0.1) is 0 Å². The molecule has 0 aliphatic heterocycles. The summed E-state index contributed by atoms with van der Waals surface area (Å²) >= 11 is 0. The van der Waals surface area contributed by atoms with E-state index in [0.717, 1.165) is 26.1 Å². The van der Waals surface area contributed by atoms with E-state index in [1.807, 2.05) is 14.0 Å². The molecule has 74 valence electrons. The van der Waals surface area contributed by atoms with Crippen LogP contribution in [0.2, 0.25) is 0 Å². The summed E-state index contributed by atoms with van der Waals surface area (Å²) < 4.78 is 0. The van der Waals surface area contributed by atoms with E-state index in [9.17, 15) is 0 Å². The van der Waals surface area contributed by atoms with Crippen molar-refractivity contribution < 1.29 is 5.11 Å². The Morgan fingerprint density at radius 2 is 2.08 bits per heavy atom. The molecule has 3 nitrogen and oxygen atoms in total. The van der Waals surface area contributed by atoms with Crippen molar-refractivity contribution in [3.63, 3.8) is 0 Å². The lowest BCUT2D eigenvalue weighted by molar-refractivity contribution is 0.164. The Morgan fingerprint density at radius 3 is 2.58 bits per heavy atom. The number of aliphatic hydroxyl groups is 1. The topological polar surface area (TPSA) is 35.5 Å². The largest absolute Gasteiger partial charge is 0.393 e. The van der Waals surface area contributed by atoms with Crippen molar-refractivity contribution in [2.75, 3.05) is 33.7 Å². The minimum absolute atomic E-state index is 0.170. The van der Waals surface area contributed by atoms with Gasteiger partial charge in [-0.25, -0.2) is 0 Å². The third-order valence-corrected chi connectivity index (χ3v) is 1.90. The molecule has 0 rings (SSSR count). The molecule has 0 bridgehead atoms. The van der Waals surface area contributed by atoms with Gasteiger partial charge in [0.1, 0.15) is 0 Å². The molecule has 0 aliphatic carbocycles. The normalized spacial score (nSPS) is 13.8. The zero-order valence-corrected chi connectivity index (χ0v) is 8.51. The zero-order chi connectivity index (χ0) is 9.40. The molecule has 0 aromatic rings. The second kappa shape index (κ2) is 7.53. The molecule has 0 saturated heterocycles. The van der Waals surface area contributed by atoms with Gasteiger partial charge in [0.25, 0.3) is 0 Å². The first-order valence-corrected chi connectivity index (χ1v) is 4.68. The maximum Gasteiger partial charge on any atom is 0.0524 e. The van der Waals surface area contributed by atoms with Crippen LogP contribution in [0.15, 0.2) is 0 Å². The molecule has 12 heavy (non-hydrogen) atoms. The lowest BCUT2D eigenvalue weighted by Gasteiger charge is -2.16. The molecule has 0 aromatic carbocycles. The van der Waals surface area contributed by atoms with E-state index in [4.69, 9.17) is 5.11 Å². The Labute approximate surface area is 75.8 Å². The van der Waals surface area contributed by atoms with Gasteiger partial charge in [-0.2, -0.15) is 0 Å². The number of rotatable bonds is 7. The highest BCUT2D eigenvalue weighted by Crippen LogP contribution is 1.93. The Morgan fingerprint density at radius 1 is 1.42 bits per heavy atom. The standard InChI is InChI=1S/C9H22N2O/c1-9(12)5-8-11(3)7-4-6-10-2/h9-10,12H,4-8H2,1-3H3. The molecule has 1 atom stereocenters. The highest BCUT2D eigenvalue weighted by molar-refractivity contribution is 4.55. The first-order valence-electron chi connectivity index (χ1n) is 4.68. The number of aliphatic hydroxyl groups excluding tert-OH is 1. The number of nitrogens with one attached hydrogen (secondary N) is 1. The quantitative estimate of drug-likeness (QED) is 0.545. The van der Waals surface area contributed by atoms with Gasteiger partial charge in [-0.1, -0.05) is 0 Å². The fourth-order valence-electron chi connectivity index (χ4n) is 1.04. The van der Waals surface area contributed by atoms with Gasteiger partial charge in [-0.3, -0.25) is 0 Å². The molecule has 0 amide bonds. The molecule has 2 N–H and O–H groups in total. The molecule has 0 aliphatic rings. The fourth-order valence-corrected chi connectivity index (χ4v) is 1.04. The summed E-state index contributed by atoms with van der Waals surface area (Å²) in [5, 5.41) is 12.1. The summed E-state index contributed by atoms with van der Waals surface area (Å²) in [4.78, 5) is 2.25. The average Bonchev–Trinajstić information content (AvgIpc) is 2.01. The minimum Gasteiger partial charge on any atom is -0.393 e. The lowest BCUT2D eigenvalue weighted by atomic mass is 10.2. The third-order valence-electron chi connectivity index (χ3n) is 1.90. The van der Waals surface area contributed by atoms with Crippen molar-refractivity contribution in [2.24, 2.45) is 0 Å². The van der Waals surface area contributed by atoms with E-state index >= 15 is 0 Å². The predicted molar refractivity (Wildman–Crippen MR) is 52.3 cm³/mol. The van der Waals surface area contributed by atoms with E-state index < -0.39 is 0 Å². The summed E-state index contributed by atoms with van der Waals surface area (Å²) in [7, 11) is 4.06. The van der Waals surface area contributed by atoms with Crippen molar-refractivity contribution in [1.82, 2.24) is 10.2 Å². The van der Waals surface area contributed by atoms with Crippen LogP contribution in [0.1, 0.15) is 19.8 Å². The average molecular weight is 174 g/mol. The smallest absolute Gasteiger partial charge is 0.0524 e. The summed E-state index contributed by atoms with van der Waals surface area (Å²) in [6.07, 6.45) is 1.87. The van der Waals surface area contributed by atoms with Crippen LogP contribution >= 0.6 is 0 Å². The van der Waals surface area contributed by atoms with Crippen molar-refractivity contribution in [3.05, 3.63) is 0 Å². The lowest BCUT2D eigenvalue weighted by Crippen LogP contribution is -2.25. The minimum atomic E-state index is -0.170. The Kier molecular flexibility index (Phi) is 7.45. The Bertz CT molecular complexity index is 96.5. The van der Waals surface area contributed by atoms with Gasteiger partial charge in [0, 0.05) is 6.54 Å². The zero-order valence-electron chi connectivity index (χ0n) is 8.51. The molecule has 0 radical (unpaired) electrons. The van der Waals surface area contributed by atoms with Crippen molar-refractivity contribution in [2.45, 2.75) is 25.9 Å². The van der Waals surface area contributed by atoms with Crippen LogP contribution < -0.4 is 5.32 Å². The number of hydrogen-bond donors (Lipinski definition) is 2. The van der Waals surface area contributed by atoms with Crippen LogP contribution in [0.3, 0.4) is 0 Å². The molecule has 0 heterocycles. The third kappa shape index (κ3) is 7.98. The highest BCUT2D eigenvalue weighted by atomic mass is 16.3. The highest BCUT2D eigenvalue weighted by Gasteiger charge is 2.00. The predicted octanol–water partition coefficient (Wildman–Crippen LogP) is 0.299. The molecule has 1 unspecified atom stereocenters. The monoisotopic (exact) mass is 174 g/mol. The van der Waals surface area contributed by atoms with Gasteiger partial charge in [0.2, 0.25) is 0 Å². The molecule has 0 fully saturated rings. The molecule has 0 saturated carbocycles. The molecular formula is C9H22N2O. The van der Waals surface area contributed by atoms with E-state index in [0.29, 0.717) is 0 Å². The maximum absolute atomic E-state index is 9.03. The van der Waals surface area contributed by atoms with Crippen LogP contribution in [0.25, 0.3) is 0 Å². The van der Waals surface area contributed by atoms with Gasteiger partial charge < -0.3 is 15.3 Å². The molecule has 3 heteroatoms. The maximum atomic E-state index is 9.03. The van der Waals surface area contributed by atoms with Gasteiger partial charge in [0.05, 0.1) is 6.10 Å². The van der Waals surface area contributed by atoms with Crippen molar-refractivity contribution in [1.29, 1.82) is 0 Å². The van der Waals surface area contributed by atoms with Crippen LogP contribution in [0.4, 0.5) is 0 Å². The van der Waals surface area contributed by atoms with E-state index in [2.05, 4.69) is 17.3 Å². The summed E-state index contributed by atoms with van der Waals surface area (Å²) in [5.74, 6) is 0. The van der Waals surface area contributed by atoms with E-state index in [1.54, 1.807) is 0 Å². The fraction of sp³-hybridized carbons (Fsp3) is 1.00. The van der Waals surface area contributed by atoms with E-state index in [-0.39, 0.29) is 6.10 Å². The van der Waals surface area contributed by atoms with Crippen LogP contribution in [0, 0.1) is 0 Å². The molecule has 0 aromatic heterocycles. The Hall–Kier alpha value is -0.120. The summed E-state index contributed by atoms with van der Waals surface area (Å²) in [6.45, 7) is 5.00. The van der Waals surface area contributed by atoms with Gasteiger partial charge in [0.15, 0.2) is 0 Å². The summed E-state index contributed by atoms with van der Waals surface area (Å²) in [5.41, 5.74) is 0. The van der Waals surface area contributed by atoms with Crippen molar-refractivity contribution in [3.8, 4) is 0 Å². The van der Waals surface area contributed by atoms with Crippen LogP contribution in [0.5, 0.6) is 0 Å². The van der Waals surface area contributed by atoms with Crippen LogP contribution in [-0.4, -0.2) is 49.8 Å². The first-order chi connectivity index (χ1) is 5.66. The van der Waals surface area contributed by atoms with Gasteiger partial charge >= 0.3 is 0 Å². The molecular weight excluding hydrogens is 152 g/mol.